The maximum Gasteiger partial charge on any atom is 0.291 e. The molecule has 2 heterocycles. The van der Waals surface area contributed by atoms with Crippen LogP contribution in [0.3, 0.4) is 0 Å². The predicted molar refractivity (Wildman–Crippen MR) is 165 cm³/mol. The van der Waals surface area contributed by atoms with Gasteiger partial charge in [-0.1, -0.05) is 54.9 Å². The number of nitrogens with zero attached hydrogens (tertiary/aromatic N) is 5. The Bertz CT molecular complexity index is 1820. The summed E-state index contributed by atoms with van der Waals surface area (Å²) in [5.41, 5.74) is 3.28. The zero-order chi connectivity index (χ0) is 29.3. The van der Waals surface area contributed by atoms with Crippen molar-refractivity contribution in [3.63, 3.8) is 0 Å². The molecule has 0 saturated carbocycles. The second-order valence-corrected chi connectivity index (χ2v) is 10.2. The highest BCUT2D eigenvalue weighted by Gasteiger charge is 2.28. The summed E-state index contributed by atoms with van der Waals surface area (Å²) in [6.45, 7) is 6.27. The number of carbonyl (C=O) groups is 2. The van der Waals surface area contributed by atoms with Crippen LogP contribution in [0.5, 0.6) is 0 Å². The molecule has 0 aliphatic carbocycles. The third-order valence-corrected chi connectivity index (χ3v) is 7.68. The average Bonchev–Trinajstić information content (AvgIpc) is 3.28. The van der Waals surface area contributed by atoms with Crippen molar-refractivity contribution in [2.75, 3.05) is 22.9 Å². The van der Waals surface area contributed by atoms with Crippen LogP contribution in [0, 0.1) is 0 Å². The van der Waals surface area contributed by atoms with Gasteiger partial charge in [-0.15, -0.1) is 0 Å². The van der Waals surface area contributed by atoms with E-state index in [1.165, 1.54) is 5.56 Å². The molecule has 3 aromatic carbocycles. The van der Waals surface area contributed by atoms with Crippen molar-refractivity contribution in [3.05, 3.63) is 99.4 Å². The summed E-state index contributed by atoms with van der Waals surface area (Å²) in [6.07, 6.45) is 0.894. The first-order valence-corrected chi connectivity index (χ1v) is 14.1. The Morgan fingerprint density at radius 3 is 2.24 bits per heavy atom. The first-order valence-electron chi connectivity index (χ1n) is 13.7. The van der Waals surface area contributed by atoms with Crippen molar-refractivity contribution in [2.24, 2.45) is 7.05 Å². The van der Waals surface area contributed by atoms with Crippen molar-refractivity contribution in [2.45, 2.75) is 33.7 Å². The number of anilines is 2. The molecule has 0 aliphatic heterocycles. The van der Waals surface area contributed by atoms with Crippen LogP contribution in [-0.2, 0) is 24.8 Å². The van der Waals surface area contributed by atoms with E-state index in [1.807, 2.05) is 62.4 Å². The van der Waals surface area contributed by atoms with Crippen LogP contribution in [0.2, 0.25) is 5.02 Å². The Balaban J connectivity index is 1.66. The van der Waals surface area contributed by atoms with Crippen LogP contribution in [0.4, 0.5) is 11.4 Å². The summed E-state index contributed by atoms with van der Waals surface area (Å²) in [7, 11) is 1.79. The summed E-state index contributed by atoms with van der Waals surface area (Å²) >= 11 is 6.24. The quantitative estimate of drug-likeness (QED) is 0.236. The number of aryl methyl sites for hydroxylation is 2. The number of benzene rings is 3. The van der Waals surface area contributed by atoms with Gasteiger partial charge in [0.1, 0.15) is 12.1 Å². The molecule has 2 amide bonds. The number of hydrogen-bond donors (Lipinski definition) is 0. The molecule has 0 atom stereocenters. The lowest BCUT2D eigenvalue weighted by molar-refractivity contribution is -0.119. The molecule has 0 aliphatic rings. The van der Waals surface area contributed by atoms with Crippen LogP contribution in [-0.4, -0.2) is 39.3 Å². The molecule has 5 aromatic rings. The van der Waals surface area contributed by atoms with E-state index >= 15 is 0 Å². The molecule has 2 aromatic heterocycles. The van der Waals surface area contributed by atoms with Gasteiger partial charge in [0.15, 0.2) is 5.69 Å². The van der Waals surface area contributed by atoms with E-state index in [9.17, 15) is 14.4 Å². The van der Waals surface area contributed by atoms with Crippen LogP contribution < -0.4 is 15.4 Å². The monoisotopic (exact) mass is 569 g/mol. The molecule has 8 nitrogen and oxygen atoms in total. The van der Waals surface area contributed by atoms with Gasteiger partial charge >= 0.3 is 0 Å². The number of fused-ring (bicyclic) bond motifs is 3. The Morgan fingerprint density at radius 1 is 0.878 bits per heavy atom. The maximum atomic E-state index is 14.2. The average molecular weight is 570 g/mol. The highest BCUT2D eigenvalue weighted by atomic mass is 35.5. The molecular weight excluding hydrogens is 538 g/mol. The first kappa shape index (κ1) is 28.1. The minimum Gasteiger partial charge on any atom is -0.339 e. The molecule has 9 heteroatoms. The van der Waals surface area contributed by atoms with E-state index in [4.69, 9.17) is 11.6 Å². The van der Waals surface area contributed by atoms with Gasteiger partial charge in [-0.2, -0.15) is 5.10 Å². The lowest BCUT2D eigenvalue weighted by atomic mass is 10.1. The van der Waals surface area contributed by atoms with Crippen molar-refractivity contribution in [3.8, 4) is 0 Å². The van der Waals surface area contributed by atoms with Gasteiger partial charge in [-0.05, 0) is 62.2 Å². The standard InChI is InChI=1S/C32H32ClN5O3/c1-5-21-15-17-23(18-16-21)36(6-2)27(39)20-38-32(41)30-28(25-13-8-9-14-26(25)35(30)4)29(34-38)31(40)37(7-3)24-12-10-11-22(33)19-24/h8-19H,5-7,20H2,1-4H3. The third-order valence-electron chi connectivity index (χ3n) is 7.44. The molecule has 0 fully saturated rings. The van der Waals surface area contributed by atoms with E-state index in [0.717, 1.165) is 27.7 Å². The molecule has 0 saturated heterocycles. The van der Waals surface area contributed by atoms with Crippen molar-refractivity contribution in [1.29, 1.82) is 0 Å². The van der Waals surface area contributed by atoms with Crippen molar-refractivity contribution < 1.29 is 9.59 Å². The molecule has 0 spiro atoms. The topological polar surface area (TPSA) is 80.4 Å². The lowest BCUT2D eigenvalue weighted by Gasteiger charge is -2.23. The Kier molecular flexibility index (Phi) is 7.94. The van der Waals surface area contributed by atoms with Gasteiger partial charge < -0.3 is 14.4 Å². The molecule has 0 N–H and O–H groups in total. The molecule has 5 rings (SSSR count). The number of hydrogen-bond acceptors (Lipinski definition) is 4. The first-order chi connectivity index (χ1) is 19.8. The Hall–Kier alpha value is -4.43. The van der Waals surface area contributed by atoms with Gasteiger partial charge in [0.05, 0.1) is 0 Å². The summed E-state index contributed by atoms with van der Waals surface area (Å²) in [5.74, 6) is -0.690. The van der Waals surface area contributed by atoms with Crippen molar-refractivity contribution in [1.82, 2.24) is 14.3 Å². The highest BCUT2D eigenvalue weighted by molar-refractivity contribution is 6.31. The fourth-order valence-electron chi connectivity index (χ4n) is 5.32. The number of likely N-dealkylation sites (N-methyl/N-ethyl adjacent to an activating group) is 1. The van der Waals surface area contributed by atoms with Crippen LogP contribution in [0.15, 0.2) is 77.6 Å². The van der Waals surface area contributed by atoms with Gasteiger partial charge in [0.25, 0.3) is 11.5 Å². The largest absolute Gasteiger partial charge is 0.339 e. The van der Waals surface area contributed by atoms with E-state index in [2.05, 4.69) is 12.0 Å². The fraction of sp³-hybridized carbons (Fsp3) is 0.250. The smallest absolute Gasteiger partial charge is 0.291 e. The molecule has 0 bridgehead atoms. The van der Waals surface area contributed by atoms with E-state index in [0.29, 0.717) is 34.7 Å². The lowest BCUT2D eigenvalue weighted by Crippen LogP contribution is -2.39. The van der Waals surface area contributed by atoms with Gasteiger partial charge in [0.2, 0.25) is 5.91 Å². The van der Waals surface area contributed by atoms with Crippen LogP contribution in [0.1, 0.15) is 36.8 Å². The summed E-state index contributed by atoms with van der Waals surface area (Å²) in [6, 6.07) is 22.3. The summed E-state index contributed by atoms with van der Waals surface area (Å²) in [5, 5.41) is 6.28. The van der Waals surface area contributed by atoms with Crippen LogP contribution >= 0.6 is 11.6 Å². The molecule has 0 radical (unpaired) electrons. The molecule has 0 unspecified atom stereocenters. The highest BCUT2D eigenvalue weighted by Crippen LogP contribution is 2.30. The van der Waals surface area contributed by atoms with Gasteiger partial charge in [-0.3, -0.25) is 14.4 Å². The maximum absolute atomic E-state index is 14.2. The number of amides is 2. The zero-order valence-corrected chi connectivity index (χ0v) is 24.4. The zero-order valence-electron chi connectivity index (χ0n) is 23.6. The SMILES string of the molecule is CCc1ccc(N(CC)C(=O)Cn2nc(C(=O)N(CC)c3cccc(Cl)c3)c3c4ccccc4n(C)c3c2=O)cc1. The number of para-hydroxylation sites is 1. The number of carbonyl (C=O) groups excluding carboxylic acids is 2. The van der Waals surface area contributed by atoms with Gasteiger partial charge in [0, 0.05) is 52.8 Å². The van der Waals surface area contributed by atoms with E-state index in [-0.39, 0.29) is 24.1 Å². The second kappa shape index (κ2) is 11.6. The number of halogens is 1. The Morgan fingerprint density at radius 2 is 1.59 bits per heavy atom. The normalized spacial score (nSPS) is 11.2. The molecule has 210 valence electrons. The van der Waals surface area contributed by atoms with E-state index < -0.39 is 5.56 Å². The third kappa shape index (κ3) is 5.11. The Labute approximate surface area is 243 Å². The summed E-state index contributed by atoms with van der Waals surface area (Å²) in [4.78, 5) is 44.8. The molecular formula is C32H32ClN5O3. The number of aromatic nitrogens is 3. The van der Waals surface area contributed by atoms with E-state index in [1.54, 1.807) is 45.7 Å². The van der Waals surface area contributed by atoms with Gasteiger partial charge in [-0.25, -0.2) is 4.68 Å². The fourth-order valence-corrected chi connectivity index (χ4v) is 5.51. The summed E-state index contributed by atoms with van der Waals surface area (Å²) < 4.78 is 2.88. The molecule has 41 heavy (non-hydrogen) atoms. The van der Waals surface area contributed by atoms with Crippen molar-refractivity contribution >= 4 is 56.6 Å². The van der Waals surface area contributed by atoms with Crippen LogP contribution in [0.25, 0.3) is 21.8 Å². The second-order valence-electron chi connectivity index (χ2n) is 9.80. The predicted octanol–water partition coefficient (Wildman–Crippen LogP) is 5.82. The minimum absolute atomic E-state index is 0.0985. The minimum atomic E-state index is -0.438. The number of rotatable bonds is 8.